The molecule has 0 saturated heterocycles. The molecule has 2 heteroatoms. The van der Waals surface area contributed by atoms with Crippen LogP contribution < -0.4 is 4.74 Å². The lowest BCUT2D eigenvalue weighted by Crippen LogP contribution is -2.56. The van der Waals surface area contributed by atoms with Crippen molar-refractivity contribution < 1.29 is 9.84 Å². The highest BCUT2D eigenvalue weighted by Crippen LogP contribution is 2.43. The second-order valence-electron chi connectivity index (χ2n) is 5.91. The normalized spacial score (nSPS) is 26.5. The maximum atomic E-state index is 9.73. The first-order chi connectivity index (χ1) is 7.82. The van der Waals surface area contributed by atoms with Gasteiger partial charge in [0.05, 0.1) is 6.10 Å². The predicted molar refractivity (Wildman–Crippen MR) is 69.5 cm³/mol. The van der Waals surface area contributed by atoms with Crippen molar-refractivity contribution in [3.8, 4) is 5.75 Å². The van der Waals surface area contributed by atoms with E-state index in [4.69, 9.17) is 4.74 Å². The van der Waals surface area contributed by atoms with Crippen molar-refractivity contribution in [2.24, 2.45) is 5.41 Å². The molecule has 0 aromatic heterocycles. The zero-order valence-corrected chi connectivity index (χ0v) is 11.4. The number of hydrogen-bond acceptors (Lipinski definition) is 2. The van der Waals surface area contributed by atoms with Crippen molar-refractivity contribution in [3.05, 3.63) is 28.8 Å². The van der Waals surface area contributed by atoms with Crippen molar-refractivity contribution in [1.29, 1.82) is 0 Å². The standard InChI is InChI=1S/C15H22O2/c1-9-6-10(2)14(11(3)7-9)17-13-8-12(16)15(13,4)5/h6-7,12-13,16H,8H2,1-5H3. The Hall–Kier alpha value is -1.02. The van der Waals surface area contributed by atoms with Crippen molar-refractivity contribution in [3.63, 3.8) is 0 Å². The van der Waals surface area contributed by atoms with Gasteiger partial charge in [-0.1, -0.05) is 31.5 Å². The highest BCUT2D eigenvalue weighted by atomic mass is 16.5. The van der Waals surface area contributed by atoms with Crippen LogP contribution in [0.2, 0.25) is 0 Å². The molecule has 17 heavy (non-hydrogen) atoms. The minimum Gasteiger partial charge on any atom is -0.489 e. The summed E-state index contributed by atoms with van der Waals surface area (Å²) in [7, 11) is 0. The summed E-state index contributed by atoms with van der Waals surface area (Å²) in [5.74, 6) is 0.987. The van der Waals surface area contributed by atoms with Gasteiger partial charge in [-0.25, -0.2) is 0 Å². The summed E-state index contributed by atoms with van der Waals surface area (Å²) in [6.45, 7) is 10.4. The third-order valence-electron chi connectivity index (χ3n) is 3.99. The number of aliphatic hydroxyl groups is 1. The molecular weight excluding hydrogens is 212 g/mol. The molecule has 0 radical (unpaired) electrons. The third-order valence-corrected chi connectivity index (χ3v) is 3.99. The Morgan fingerprint density at radius 1 is 1.18 bits per heavy atom. The van der Waals surface area contributed by atoms with Gasteiger partial charge < -0.3 is 9.84 Å². The average molecular weight is 234 g/mol. The van der Waals surface area contributed by atoms with Gasteiger partial charge in [-0.15, -0.1) is 0 Å². The first kappa shape index (κ1) is 12.4. The van der Waals surface area contributed by atoms with Gasteiger partial charge in [-0.05, 0) is 31.9 Å². The molecule has 1 N–H and O–H groups in total. The second kappa shape index (κ2) is 4.02. The zero-order valence-electron chi connectivity index (χ0n) is 11.4. The first-order valence-electron chi connectivity index (χ1n) is 6.25. The van der Waals surface area contributed by atoms with E-state index in [2.05, 4.69) is 46.8 Å². The molecule has 1 saturated carbocycles. The molecule has 2 nitrogen and oxygen atoms in total. The molecule has 2 unspecified atom stereocenters. The van der Waals surface area contributed by atoms with E-state index < -0.39 is 0 Å². The molecule has 94 valence electrons. The van der Waals surface area contributed by atoms with E-state index in [1.54, 1.807) is 0 Å². The topological polar surface area (TPSA) is 29.5 Å². The maximum Gasteiger partial charge on any atom is 0.125 e. The van der Waals surface area contributed by atoms with E-state index >= 15 is 0 Å². The fourth-order valence-electron chi connectivity index (χ4n) is 2.56. The van der Waals surface area contributed by atoms with Crippen molar-refractivity contribution in [2.75, 3.05) is 0 Å². The lowest BCUT2D eigenvalue weighted by molar-refractivity contribution is -0.134. The van der Waals surface area contributed by atoms with E-state index in [1.165, 1.54) is 16.7 Å². The van der Waals surface area contributed by atoms with E-state index in [0.717, 1.165) is 12.2 Å². The van der Waals surface area contributed by atoms with Crippen LogP contribution in [0.5, 0.6) is 5.75 Å². The Morgan fingerprint density at radius 3 is 2.12 bits per heavy atom. The Balaban J connectivity index is 2.21. The van der Waals surface area contributed by atoms with Gasteiger partial charge >= 0.3 is 0 Å². The highest BCUT2D eigenvalue weighted by molar-refractivity contribution is 5.43. The zero-order chi connectivity index (χ0) is 12.8. The first-order valence-corrected chi connectivity index (χ1v) is 6.25. The molecule has 0 heterocycles. The van der Waals surface area contributed by atoms with Crippen LogP contribution in [-0.4, -0.2) is 17.3 Å². The van der Waals surface area contributed by atoms with Crippen LogP contribution in [0.15, 0.2) is 12.1 Å². The van der Waals surface area contributed by atoms with Gasteiger partial charge in [-0.2, -0.15) is 0 Å². The molecule has 1 aromatic rings. The largest absolute Gasteiger partial charge is 0.489 e. The Kier molecular flexibility index (Phi) is 2.94. The second-order valence-corrected chi connectivity index (χ2v) is 5.91. The Bertz CT molecular complexity index is 412. The Morgan fingerprint density at radius 2 is 1.71 bits per heavy atom. The molecule has 1 fully saturated rings. The quantitative estimate of drug-likeness (QED) is 0.851. The minimum absolute atomic E-state index is 0.123. The van der Waals surface area contributed by atoms with Crippen LogP contribution in [-0.2, 0) is 0 Å². The summed E-state index contributed by atoms with van der Waals surface area (Å²) in [6.07, 6.45) is 0.621. The van der Waals surface area contributed by atoms with Gasteiger partial charge in [0, 0.05) is 11.8 Å². The molecular formula is C15H22O2. The summed E-state index contributed by atoms with van der Waals surface area (Å²) in [6, 6.07) is 4.29. The lowest BCUT2D eigenvalue weighted by Gasteiger charge is -2.48. The predicted octanol–water partition coefficient (Wildman–Crippen LogP) is 3.15. The molecule has 0 aliphatic heterocycles. The van der Waals surface area contributed by atoms with Gasteiger partial charge in [0.25, 0.3) is 0 Å². The monoisotopic (exact) mass is 234 g/mol. The van der Waals surface area contributed by atoms with Gasteiger partial charge in [0.2, 0.25) is 0 Å². The summed E-state index contributed by atoms with van der Waals surface area (Å²) in [5.41, 5.74) is 3.49. The van der Waals surface area contributed by atoms with Gasteiger partial charge in [0.15, 0.2) is 0 Å². The molecule has 0 amide bonds. The number of aryl methyl sites for hydroxylation is 3. The van der Waals surface area contributed by atoms with Crippen LogP contribution in [0.1, 0.15) is 37.0 Å². The number of rotatable bonds is 2. The highest BCUT2D eigenvalue weighted by Gasteiger charge is 2.49. The van der Waals surface area contributed by atoms with Gasteiger partial charge in [-0.3, -0.25) is 0 Å². The van der Waals surface area contributed by atoms with Crippen LogP contribution >= 0.6 is 0 Å². The average Bonchev–Trinajstić information content (AvgIpc) is 2.21. The van der Waals surface area contributed by atoms with Crippen molar-refractivity contribution in [2.45, 2.75) is 53.2 Å². The minimum atomic E-state index is -0.237. The molecule has 0 spiro atoms. The number of aliphatic hydroxyl groups excluding tert-OH is 1. The fraction of sp³-hybridized carbons (Fsp3) is 0.600. The molecule has 1 aliphatic carbocycles. The number of benzene rings is 1. The van der Waals surface area contributed by atoms with E-state index in [0.29, 0.717) is 0 Å². The summed E-state index contributed by atoms with van der Waals surface area (Å²) in [4.78, 5) is 0. The van der Waals surface area contributed by atoms with E-state index in [9.17, 15) is 5.11 Å². The maximum absolute atomic E-state index is 9.73. The molecule has 2 atom stereocenters. The smallest absolute Gasteiger partial charge is 0.125 e. The SMILES string of the molecule is Cc1cc(C)c(OC2CC(O)C2(C)C)c(C)c1. The van der Waals surface area contributed by atoms with Crippen LogP contribution in [0.3, 0.4) is 0 Å². The van der Waals surface area contributed by atoms with Crippen LogP contribution in [0, 0.1) is 26.2 Å². The summed E-state index contributed by atoms with van der Waals surface area (Å²) >= 11 is 0. The summed E-state index contributed by atoms with van der Waals surface area (Å²) in [5, 5.41) is 9.73. The van der Waals surface area contributed by atoms with Crippen molar-refractivity contribution in [1.82, 2.24) is 0 Å². The molecule has 0 bridgehead atoms. The molecule has 1 aliphatic rings. The van der Waals surface area contributed by atoms with Crippen LogP contribution in [0.4, 0.5) is 0 Å². The van der Waals surface area contributed by atoms with E-state index in [1.807, 2.05) is 0 Å². The molecule has 1 aromatic carbocycles. The fourth-order valence-corrected chi connectivity index (χ4v) is 2.56. The Labute approximate surface area is 104 Å². The number of ether oxygens (including phenoxy) is 1. The number of hydrogen-bond donors (Lipinski definition) is 1. The third kappa shape index (κ3) is 2.06. The lowest BCUT2D eigenvalue weighted by atomic mass is 9.66. The molecule has 2 rings (SSSR count). The van der Waals surface area contributed by atoms with Crippen LogP contribution in [0.25, 0.3) is 0 Å². The van der Waals surface area contributed by atoms with E-state index in [-0.39, 0.29) is 17.6 Å². The van der Waals surface area contributed by atoms with Gasteiger partial charge in [0.1, 0.15) is 11.9 Å². The summed E-state index contributed by atoms with van der Waals surface area (Å²) < 4.78 is 6.09. The van der Waals surface area contributed by atoms with Crippen molar-refractivity contribution >= 4 is 0 Å².